The highest BCUT2D eigenvalue weighted by Crippen LogP contribution is 2.18. The molecular formula is C15H12N4O6S. The topological polar surface area (TPSA) is 145 Å². The Balaban J connectivity index is 2.05. The maximum Gasteiger partial charge on any atom is 0.276 e. The summed E-state index contributed by atoms with van der Waals surface area (Å²) in [5, 5.41) is 24.9. The third-order valence-electron chi connectivity index (χ3n) is 3.10. The van der Waals surface area contributed by atoms with Gasteiger partial charge in [-0.05, 0) is 30.4 Å². The van der Waals surface area contributed by atoms with Gasteiger partial charge in [0.1, 0.15) is 0 Å². The smallest absolute Gasteiger partial charge is 0.258 e. The van der Waals surface area contributed by atoms with E-state index in [2.05, 4.69) is 5.10 Å². The number of nitrogens with zero attached hydrogens (tertiary/aromatic N) is 3. The number of para-hydroxylation sites is 1. The minimum atomic E-state index is -3.98. The van der Waals surface area contributed by atoms with E-state index in [4.69, 9.17) is 0 Å². The Kier molecular flexibility index (Phi) is 5.75. The van der Waals surface area contributed by atoms with Gasteiger partial charge in [0.05, 0.1) is 20.3 Å². The van der Waals surface area contributed by atoms with Gasteiger partial charge in [-0.25, -0.2) is 4.83 Å². The summed E-state index contributed by atoms with van der Waals surface area (Å²) >= 11 is 0. The number of hydrogen-bond donors (Lipinski definition) is 1. The first-order chi connectivity index (χ1) is 12.3. The van der Waals surface area contributed by atoms with Gasteiger partial charge < -0.3 is 0 Å². The third kappa shape index (κ3) is 4.70. The van der Waals surface area contributed by atoms with E-state index in [0.29, 0.717) is 5.56 Å². The van der Waals surface area contributed by atoms with Gasteiger partial charge in [0.2, 0.25) is 0 Å². The molecule has 0 amide bonds. The van der Waals surface area contributed by atoms with Crippen molar-refractivity contribution in [2.45, 2.75) is 4.90 Å². The van der Waals surface area contributed by atoms with E-state index in [0.717, 1.165) is 30.5 Å². The SMILES string of the molecule is O=[N+]([O-])c1ccc(S(=O)(=O)N/N=C\C=C/c2ccccc2[N+](=O)[O-])cc1. The molecule has 10 nitrogen and oxygen atoms in total. The molecule has 1 N–H and O–H groups in total. The maximum atomic E-state index is 12.0. The Hall–Kier alpha value is -3.60. The molecular weight excluding hydrogens is 364 g/mol. The van der Waals surface area contributed by atoms with Crippen LogP contribution in [0.5, 0.6) is 0 Å². The molecule has 134 valence electrons. The molecule has 0 saturated heterocycles. The van der Waals surface area contributed by atoms with Crippen molar-refractivity contribution in [3.63, 3.8) is 0 Å². The Morgan fingerprint density at radius 3 is 2.23 bits per heavy atom. The summed E-state index contributed by atoms with van der Waals surface area (Å²) in [5.74, 6) is 0. The van der Waals surface area contributed by atoms with Crippen LogP contribution in [0.2, 0.25) is 0 Å². The zero-order valence-electron chi connectivity index (χ0n) is 13.1. The van der Waals surface area contributed by atoms with Crippen LogP contribution in [0.25, 0.3) is 6.08 Å². The molecule has 2 aromatic rings. The van der Waals surface area contributed by atoms with E-state index in [-0.39, 0.29) is 16.3 Å². The Labute approximate surface area is 147 Å². The molecule has 0 aromatic heterocycles. The minimum Gasteiger partial charge on any atom is -0.258 e. The summed E-state index contributed by atoms with van der Waals surface area (Å²) in [6.45, 7) is 0. The van der Waals surface area contributed by atoms with Crippen LogP contribution in [-0.2, 0) is 10.0 Å². The first-order valence-corrected chi connectivity index (χ1v) is 8.49. The van der Waals surface area contributed by atoms with Crippen molar-refractivity contribution in [2.75, 3.05) is 0 Å². The summed E-state index contributed by atoms with van der Waals surface area (Å²) in [6.07, 6.45) is 3.85. The fraction of sp³-hybridized carbons (Fsp3) is 0. The molecule has 11 heteroatoms. The van der Waals surface area contributed by atoms with Crippen molar-refractivity contribution in [3.8, 4) is 0 Å². The normalized spacial score (nSPS) is 11.7. The molecule has 0 bridgehead atoms. The Bertz CT molecular complexity index is 983. The van der Waals surface area contributed by atoms with Crippen molar-refractivity contribution < 1.29 is 18.3 Å². The van der Waals surface area contributed by atoms with E-state index < -0.39 is 19.9 Å². The second-order valence-electron chi connectivity index (χ2n) is 4.80. The van der Waals surface area contributed by atoms with Crippen molar-refractivity contribution in [1.29, 1.82) is 0 Å². The number of nitro groups is 2. The molecule has 0 heterocycles. The number of rotatable bonds is 7. The molecule has 0 unspecified atom stereocenters. The van der Waals surface area contributed by atoms with Gasteiger partial charge in [-0.3, -0.25) is 20.2 Å². The molecule has 0 aliphatic rings. The first-order valence-electron chi connectivity index (χ1n) is 7.00. The van der Waals surface area contributed by atoms with Crippen LogP contribution in [0.15, 0.2) is 64.6 Å². The van der Waals surface area contributed by atoms with Gasteiger partial charge in [0.15, 0.2) is 0 Å². The number of non-ortho nitro benzene ring substituents is 1. The lowest BCUT2D eigenvalue weighted by Gasteiger charge is -2.02. The van der Waals surface area contributed by atoms with Gasteiger partial charge in [-0.15, -0.1) is 0 Å². The third-order valence-corrected chi connectivity index (χ3v) is 4.34. The molecule has 0 fully saturated rings. The van der Waals surface area contributed by atoms with E-state index >= 15 is 0 Å². The number of nitro benzene ring substituents is 2. The van der Waals surface area contributed by atoms with Gasteiger partial charge in [-0.2, -0.15) is 13.5 Å². The second kappa shape index (κ2) is 7.98. The summed E-state index contributed by atoms with van der Waals surface area (Å²) in [6, 6.07) is 10.3. The molecule has 0 spiro atoms. The zero-order chi connectivity index (χ0) is 19.2. The van der Waals surface area contributed by atoms with Gasteiger partial charge in [-0.1, -0.05) is 12.1 Å². The molecule has 26 heavy (non-hydrogen) atoms. The lowest BCUT2D eigenvalue weighted by atomic mass is 10.2. The summed E-state index contributed by atoms with van der Waals surface area (Å²) in [7, 11) is -3.98. The Morgan fingerprint density at radius 1 is 0.962 bits per heavy atom. The number of hydrazone groups is 1. The van der Waals surface area contributed by atoms with Crippen molar-refractivity contribution in [2.24, 2.45) is 5.10 Å². The summed E-state index contributed by atoms with van der Waals surface area (Å²) < 4.78 is 24.0. The molecule has 2 aromatic carbocycles. The zero-order valence-corrected chi connectivity index (χ0v) is 13.9. The monoisotopic (exact) mass is 376 g/mol. The molecule has 0 radical (unpaired) electrons. The van der Waals surface area contributed by atoms with Crippen LogP contribution in [-0.4, -0.2) is 24.5 Å². The average Bonchev–Trinajstić information content (AvgIpc) is 2.61. The highest BCUT2D eigenvalue weighted by molar-refractivity contribution is 7.89. The molecule has 0 saturated carbocycles. The Morgan fingerprint density at radius 2 is 1.62 bits per heavy atom. The van der Waals surface area contributed by atoms with Crippen LogP contribution in [0, 0.1) is 20.2 Å². The quantitative estimate of drug-likeness (QED) is 0.446. The number of sulfonamides is 1. The lowest BCUT2D eigenvalue weighted by molar-refractivity contribution is -0.385. The fourth-order valence-corrected chi connectivity index (χ4v) is 2.68. The van der Waals surface area contributed by atoms with Gasteiger partial charge >= 0.3 is 0 Å². The molecule has 0 atom stereocenters. The summed E-state index contributed by atoms with van der Waals surface area (Å²) in [4.78, 5) is 22.0. The molecule has 0 aliphatic carbocycles. The molecule has 2 rings (SSSR count). The predicted molar refractivity (Wildman–Crippen MR) is 94.0 cm³/mol. The highest BCUT2D eigenvalue weighted by Gasteiger charge is 2.14. The van der Waals surface area contributed by atoms with Crippen LogP contribution >= 0.6 is 0 Å². The molecule has 0 aliphatic heterocycles. The maximum absolute atomic E-state index is 12.0. The van der Waals surface area contributed by atoms with Crippen LogP contribution in [0.3, 0.4) is 0 Å². The second-order valence-corrected chi connectivity index (χ2v) is 6.46. The van der Waals surface area contributed by atoms with E-state index in [1.807, 2.05) is 4.83 Å². The largest absolute Gasteiger partial charge is 0.276 e. The van der Waals surface area contributed by atoms with E-state index in [1.165, 1.54) is 30.4 Å². The predicted octanol–water partition coefficient (Wildman–Crippen LogP) is 2.48. The number of benzene rings is 2. The number of hydrogen-bond acceptors (Lipinski definition) is 7. The fourth-order valence-electron chi connectivity index (χ4n) is 1.88. The average molecular weight is 376 g/mol. The van der Waals surface area contributed by atoms with Crippen molar-refractivity contribution in [3.05, 3.63) is 80.4 Å². The van der Waals surface area contributed by atoms with Crippen LogP contribution in [0.1, 0.15) is 5.56 Å². The van der Waals surface area contributed by atoms with Crippen LogP contribution < -0.4 is 4.83 Å². The lowest BCUT2D eigenvalue weighted by Crippen LogP contribution is -2.18. The number of allylic oxidation sites excluding steroid dienone is 1. The van der Waals surface area contributed by atoms with Crippen LogP contribution in [0.4, 0.5) is 11.4 Å². The van der Waals surface area contributed by atoms with Gasteiger partial charge in [0.25, 0.3) is 21.4 Å². The summed E-state index contributed by atoms with van der Waals surface area (Å²) in [5.41, 5.74) is 0.00521. The van der Waals surface area contributed by atoms with Crippen molar-refractivity contribution in [1.82, 2.24) is 4.83 Å². The number of nitrogens with one attached hydrogen (secondary N) is 1. The van der Waals surface area contributed by atoms with E-state index in [9.17, 15) is 28.6 Å². The van der Waals surface area contributed by atoms with Crippen molar-refractivity contribution >= 4 is 33.7 Å². The minimum absolute atomic E-state index is 0.0939. The van der Waals surface area contributed by atoms with E-state index in [1.54, 1.807) is 6.07 Å². The van der Waals surface area contributed by atoms with Gasteiger partial charge in [0, 0.05) is 24.4 Å². The standard InChI is InChI=1S/C15H12N4O6S/c20-18(21)13-7-9-14(10-8-13)26(24,25)17-16-11-3-5-12-4-1-2-6-15(12)19(22)23/h1-11,17H/b5-3-,16-11-. The first kappa shape index (κ1) is 18.7. The highest BCUT2D eigenvalue weighted by atomic mass is 32.2.